The third kappa shape index (κ3) is 3.70. The van der Waals surface area contributed by atoms with E-state index in [1.165, 1.54) is 24.6 Å². The fraction of sp³-hybridized carbons (Fsp3) is 0.538. The van der Waals surface area contributed by atoms with E-state index in [0.717, 1.165) is 0 Å². The second-order valence-electron chi connectivity index (χ2n) is 4.71. The lowest BCUT2D eigenvalue weighted by Crippen LogP contribution is -2.47. The van der Waals surface area contributed by atoms with Gasteiger partial charge in [0.15, 0.2) is 9.84 Å². The Morgan fingerprint density at radius 2 is 2.00 bits per heavy atom. The summed E-state index contributed by atoms with van der Waals surface area (Å²) in [6, 6.07) is 2.97. The Morgan fingerprint density at radius 3 is 2.45 bits per heavy atom. The highest BCUT2D eigenvalue weighted by atomic mass is 35.5. The van der Waals surface area contributed by atoms with Gasteiger partial charge in [0, 0.05) is 24.6 Å². The van der Waals surface area contributed by atoms with Gasteiger partial charge >= 0.3 is 0 Å². The van der Waals surface area contributed by atoms with Crippen molar-refractivity contribution < 1.29 is 13.2 Å². The number of carbonyl (C=O) groups is 1. The monoisotopic (exact) mass is 318 g/mol. The minimum Gasteiger partial charge on any atom is -0.350 e. The van der Waals surface area contributed by atoms with Crippen LogP contribution < -0.4 is 5.32 Å². The van der Waals surface area contributed by atoms with Crippen LogP contribution in [-0.4, -0.2) is 36.9 Å². The fourth-order valence-corrected chi connectivity index (χ4v) is 3.60. The molecule has 0 atom stereocenters. The van der Waals surface area contributed by atoms with Crippen molar-refractivity contribution in [3.63, 3.8) is 0 Å². The van der Waals surface area contributed by atoms with Gasteiger partial charge in [-0.15, -0.1) is 0 Å². The summed E-state index contributed by atoms with van der Waals surface area (Å²) >= 11 is 5.72. The van der Waals surface area contributed by atoms with Crippen LogP contribution in [0.4, 0.5) is 0 Å². The van der Waals surface area contributed by atoms with Crippen molar-refractivity contribution in [1.29, 1.82) is 0 Å². The predicted molar refractivity (Wildman–Crippen MR) is 79.7 cm³/mol. The van der Waals surface area contributed by atoms with Gasteiger partial charge in [-0.25, -0.2) is 13.4 Å². The maximum absolute atomic E-state index is 12.0. The molecule has 0 aliphatic heterocycles. The molecule has 0 radical (unpaired) electrons. The van der Waals surface area contributed by atoms with Gasteiger partial charge in [0.25, 0.3) is 5.91 Å². The van der Waals surface area contributed by atoms with Crippen LogP contribution in [0.15, 0.2) is 18.3 Å². The largest absolute Gasteiger partial charge is 0.350 e. The molecule has 0 aliphatic carbocycles. The first-order valence-corrected chi connectivity index (χ1v) is 8.62. The first kappa shape index (κ1) is 16.9. The van der Waals surface area contributed by atoms with E-state index >= 15 is 0 Å². The zero-order valence-electron chi connectivity index (χ0n) is 11.8. The van der Waals surface area contributed by atoms with Crippen LogP contribution in [0.25, 0.3) is 0 Å². The van der Waals surface area contributed by atoms with Gasteiger partial charge in [-0.05, 0) is 25.0 Å². The average molecular weight is 319 g/mol. The van der Waals surface area contributed by atoms with Crippen molar-refractivity contribution in [2.24, 2.45) is 0 Å². The van der Waals surface area contributed by atoms with Crippen LogP contribution in [0.1, 0.15) is 37.0 Å². The van der Waals surface area contributed by atoms with E-state index < -0.39 is 14.6 Å². The molecular formula is C13H19ClN2O3S. The second kappa shape index (κ2) is 6.54. The van der Waals surface area contributed by atoms with Crippen molar-refractivity contribution in [3.05, 3.63) is 29.0 Å². The number of sulfone groups is 1. The van der Waals surface area contributed by atoms with Crippen LogP contribution in [-0.2, 0) is 9.84 Å². The summed E-state index contributed by atoms with van der Waals surface area (Å²) in [6.07, 6.45) is 3.52. The lowest BCUT2D eigenvalue weighted by atomic mass is 10.0. The number of nitrogens with zero attached hydrogens (tertiary/aromatic N) is 1. The molecule has 0 spiro atoms. The highest BCUT2D eigenvalue weighted by Crippen LogP contribution is 2.24. The van der Waals surface area contributed by atoms with Crippen molar-refractivity contribution >= 4 is 27.3 Å². The highest BCUT2D eigenvalue weighted by Gasteiger charge is 2.37. The fourth-order valence-electron chi connectivity index (χ4n) is 2.04. The lowest BCUT2D eigenvalue weighted by Gasteiger charge is -2.29. The van der Waals surface area contributed by atoms with Gasteiger partial charge < -0.3 is 5.32 Å². The number of rotatable bonds is 6. The highest BCUT2D eigenvalue weighted by molar-refractivity contribution is 7.92. The number of amides is 1. The number of carbonyl (C=O) groups excluding carboxylic acids is 1. The Bertz CT molecular complexity index is 583. The summed E-state index contributed by atoms with van der Waals surface area (Å²) in [4.78, 5) is 15.8. The molecule has 0 bridgehead atoms. The molecule has 1 amide bonds. The zero-order valence-corrected chi connectivity index (χ0v) is 13.4. The quantitative estimate of drug-likeness (QED) is 0.815. The van der Waals surface area contributed by atoms with Gasteiger partial charge in [-0.3, -0.25) is 4.79 Å². The average Bonchev–Trinajstić information content (AvgIpc) is 2.38. The molecule has 112 valence electrons. The van der Waals surface area contributed by atoms with Crippen LogP contribution >= 0.6 is 11.6 Å². The van der Waals surface area contributed by atoms with Gasteiger partial charge in [0.05, 0.1) is 4.75 Å². The molecule has 5 nitrogen and oxygen atoms in total. The van der Waals surface area contributed by atoms with Crippen molar-refractivity contribution in [2.45, 2.75) is 31.4 Å². The van der Waals surface area contributed by atoms with Crippen LogP contribution in [0.3, 0.4) is 0 Å². The van der Waals surface area contributed by atoms with E-state index in [2.05, 4.69) is 10.3 Å². The maximum atomic E-state index is 12.0. The summed E-state index contributed by atoms with van der Waals surface area (Å²) in [6.45, 7) is 3.69. The molecule has 1 rings (SSSR count). The topological polar surface area (TPSA) is 76.1 Å². The van der Waals surface area contributed by atoms with Crippen LogP contribution in [0.5, 0.6) is 0 Å². The molecule has 1 N–H and O–H groups in total. The van der Waals surface area contributed by atoms with Crippen molar-refractivity contribution in [1.82, 2.24) is 10.3 Å². The van der Waals surface area contributed by atoms with E-state index in [9.17, 15) is 13.2 Å². The van der Waals surface area contributed by atoms with E-state index in [1.807, 2.05) is 0 Å². The predicted octanol–water partition coefficient (Wildman–Crippen LogP) is 2.07. The first-order valence-electron chi connectivity index (χ1n) is 6.35. The Morgan fingerprint density at radius 1 is 1.40 bits per heavy atom. The third-order valence-corrected chi connectivity index (χ3v) is 6.14. The summed E-state index contributed by atoms with van der Waals surface area (Å²) < 4.78 is 22.9. The van der Waals surface area contributed by atoms with E-state index in [1.54, 1.807) is 13.8 Å². The van der Waals surface area contributed by atoms with Crippen molar-refractivity contribution in [3.8, 4) is 0 Å². The minimum atomic E-state index is -3.27. The molecule has 0 aliphatic rings. The van der Waals surface area contributed by atoms with E-state index in [4.69, 9.17) is 11.6 Å². The normalized spacial score (nSPS) is 12.2. The van der Waals surface area contributed by atoms with Gasteiger partial charge in [-0.1, -0.05) is 25.4 Å². The summed E-state index contributed by atoms with van der Waals surface area (Å²) in [7, 11) is -3.27. The number of aromatic nitrogens is 1. The first-order chi connectivity index (χ1) is 9.25. The Hall–Kier alpha value is -1.14. The van der Waals surface area contributed by atoms with Gasteiger partial charge in [0.2, 0.25) is 0 Å². The van der Waals surface area contributed by atoms with Crippen molar-refractivity contribution in [2.75, 3.05) is 12.8 Å². The standard InChI is InChI=1S/C13H19ClN2O3S/c1-4-13(5-2,20(3,18)19)9-16-12(17)10-6-7-15-11(14)8-10/h6-8H,4-5,9H2,1-3H3,(H,16,17). The molecule has 0 fully saturated rings. The molecule has 0 aromatic carbocycles. The third-order valence-electron chi connectivity index (χ3n) is 3.64. The Kier molecular flexibility index (Phi) is 5.53. The molecular weight excluding hydrogens is 300 g/mol. The molecule has 0 unspecified atom stereocenters. The molecule has 1 aromatic rings. The molecule has 1 aromatic heterocycles. The maximum Gasteiger partial charge on any atom is 0.251 e. The summed E-state index contributed by atoms with van der Waals surface area (Å²) in [5, 5.41) is 2.89. The van der Waals surface area contributed by atoms with E-state index in [-0.39, 0.29) is 17.6 Å². The minimum absolute atomic E-state index is 0.0810. The smallest absolute Gasteiger partial charge is 0.251 e. The van der Waals surface area contributed by atoms with Gasteiger partial charge in [0.1, 0.15) is 5.15 Å². The van der Waals surface area contributed by atoms with Crippen LogP contribution in [0, 0.1) is 0 Å². The Labute approximate surface area is 124 Å². The summed E-state index contributed by atoms with van der Waals surface area (Å²) in [5.41, 5.74) is 0.361. The molecule has 7 heteroatoms. The number of nitrogens with one attached hydrogen (secondary N) is 1. The molecule has 20 heavy (non-hydrogen) atoms. The SMILES string of the molecule is CCC(CC)(CNC(=O)c1ccnc(Cl)c1)S(C)(=O)=O. The Balaban J connectivity index is 2.87. The lowest BCUT2D eigenvalue weighted by molar-refractivity contribution is 0.0948. The second-order valence-corrected chi connectivity index (χ2v) is 7.51. The van der Waals surface area contributed by atoms with Gasteiger partial charge in [-0.2, -0.15) is 0 Å². The number of hydrogen-bond donors (Lipinski definition) is 1. The number of hydrogen-bond acceptors (Lipinski definition) is 4. The molecule has 0 saturated heterocycles. The molecule has 1 heterocycles. The number of halogens is 1. The summed E-state index contributed by atoms with van der Waals surface area (Å²) in [5.74, 6) is -0.357. The van der Waals surface area contributed by atoms with Crippen LogP contribution in [0.2, 0.25) is 5.15 Å². The zero-order chi connectivity index (χ0) is 15.4. The number of pyridine rings is 1. The van der Waals surface area contributed by atoms with E-state index in [0.29, 0.717) is 18.4 Å². The molecule has 0 saturated carbocycles.